The molecule has 1 aromatic rings. The number of aliphatic hydroxyl groups excluding tert-OH is 1. The Hall–Kier alpha value is -1.60. The minimum atomic E-state index is -0.583. The Labute approximate surface area is 117 Å². The highest BCUT2D eigenvalue weighted by atomic mass is 16.5. The van der Waals surface area contributed by atoms with Crippen LogP contribution in [-0.2, 0) is 16.1 Å². The first kappa shape index (κ1) is 14.8. The van der Waals surface area contributed by atoms with Crippen molar-refractivity contribution in [2.45, 2.75) is 32.5 Å². The number of aliphatic hydroxyl groups is 1. The summed E-state index contributed by atoms with van der Waals surface area (Å²) in [5.41, 5.74) is -0.145. The normalized spacial score (nSPS) is 16.9. The summed E-state index contributed by atoms with van der Waals surface area (Å²) < 4.78 is 15.8. The van der Waals surface area contributed by atoms with Crippen LogP contribution in [0.1, 0.15) is 36.5 Å². The van der Waals surface area contributed by atoms with E-state index in [1.54, 1.807) is 14.0 Å². The smallest absolute Gasteiger partial charge is 0.360 e. The standard InChI is InChI=1S/C13H20N2O5/c1-4-13(18-3)7-15(8-13)12-14-10(9(6-16)20-12)11(17)19-5-2/h16H,4-8H2,1-3H3. The van der Waals surface area contributed by atoms with Gasteiger partial charge in [-0.25, -0.2) is 4.79 Å². The molecule has 1 aliphatic rings. The molecule has 0 radical (unpaired) electrons. The molecule has 112 valence electrons. The monoisotopic (exact) mass is 284 g/mol. The van der Waals surface area contributed by atoms with Crippen LogP contribution in [0.25, 0.3) is 0 Å². The lowest BCUT2D eigenvalue weighted by Gasteiger charge is -2.47. The van der Waals surface area contributed by atoms with Crippen LogP contribution in [0, 0.1) is 0 Å². The topological polar surface area (TPSA) is 85.0 Å². The number of hydrogen-bond donors (Lipinski definition) is 1. The highest BCUT2D eigenvalue weighted by Gasteiger charge is 2.44. The number of carbonyl (C=O) groups is 1. The van der Waals surface area contributed by atoms with Gasteiger partial charge in [-0.15, -0.1) is 0 Å². The SMILES string of the molecule is CCOC(=O)c1nc(N2CC(CC)(OC)C2)oc1CO. The Balaban J connectivity index is 2.13. The van der Waals surface area contributed by atoms with E-state index >= 15 is 0 Å². The van der Waals surface area contributed by atoms with Crippen molar-refractivity contribution in [3.63, 3.8) is 0 Å². The number of nitrogens with zero attached hydrogens (tertiary/aromatic N) is 2. The van der Waals surface area contributed by atoms with Crippen LogP contribution < -0.4 is 4.90 Å². The molecule has 7 nitrogen and oxygen atoms in total. The maximum Gasteiger partial charge on any atom is 0.360 e. The van der Waals surface area contributed by atoms with Gasteiger partial charge in [0.2, 0.25) is 0 Å². The zero-order chi connectivity index (χ0) is 14.8. The molecule has 0 aromatic carbocycles. The number of oxazole rings is 1. The fourth-order valence-corrected chi connectivity index (χ4v) is 2.22. The van der Waals surface area contributed by atoms with E-state index in [0.29, 0.717) is 19.1 Å². The minimum absolute atomic E-state index is 0.0377. The Kier molecular flexibility index (Phi) is 4.29. The second kappa shape index (κ2) is 5.80. The molecule has 0 aliphatic carbocycles. The lowest BCUT2D eigenvalue weighted by molar-refractivity contribution is -0.0379. The summed E-state index contributed by atoms with van der Waals surface area (Å²) in [4.78, 5) is 17.7. The third-order valence-electron chi connectivity index (χ3n) is 3.60. The van der Waals surface area contributed by atoms with Crippen LogP contribution in [-0.4, -0.2) is 48.5 Å². The molecular weight excluding hydrogens is 264 g/mol. The quantitative estimate of drug-likeness (QED) is 0.779. The second-order valence-electron chi connectivity index (χ2n) is 4.74. The number of aromatic nitrogens is 1. The van der Waals surface area contributed by atoms with Gasteiger partial charge in [-0.2, -0.15) is 4.98 Å². The Morgan fingerprint density at radius 3 is 2.70 bits per heavy atom. The van der Waals surface area contributed by atoms with E-state index in [1.165, 1.54) is 0 Å². The fourth-order valence-electron chi connectivity index (χ4n) is 2.22. The number of rotatable bonds is 6. The van der Waals surface area contributed by atoms with Crippen molar-refractivity contribution in [1.82, 2.24) is 4.98 Å². The first-order chi connectivity index (χ1) is 9.59. The van der Waals surface area contributed by atoms with Gasteiger partial charge in [0.15, 0.2) is 11.5 Å². The van der Waals surface area contributed by atoms with E-state index in [4.69, 9.17) is 13.9 Å². The first-order valence-corrected chi connectivity index (χ1v) is 6.67. The molecule has 1 aromatic heterocycles. The molecule has 0 atom stereocenters. The van der Waals surface area contributed by atoms with Crippen LogP contribution >= 0.6 is 0 Å². The highest BCUT2D eigenvalue weighted by Crippen LogP contribution is 2.33. The molecule has 2 heterocycles. The van der Waals surface area contributed by atoms with Crippen molar-refractivity contribution in [2.24, 2.45) is 0 Å². The molecule has 20 heavy (non-hydrogen) atoms. The number of methoxy groups -OCH3 is 1. The van der Waals surface area contributed by atoms with E-state index in [-0.39, 0.29) is 23.7 Å². The Morgan fingerprint density at radius 1 is 1.50 bits per heavy atom. The summed E-state index contributed by atoms with van der Waals surface area (Å²) in [6.45, 7) is 4.92. The first-order valence-electron chi connectivity index (χ1n) is 6.67. The molecule has 1 saturated heterocycles. The lowest BCUT2D eigenvalue weighted by Crippen LogP contribution is -2.62. The number of esters is 1. The number of anilines is 1. The van der Waals surface area contributed by atoms with E-state index in [2.05, 4.69) is 11.9 Å². The molecular formula is C13H20N2O5. The summed E-state index contributed by atoms with van der Waals surface area (Å²) in [5, 5.41) is 9.23. The van der Waals surface area contributed by atoms with E-state index < -0.39 is 12.6 Å². The van der Waals surface area contributed by atoms with E-state index in [0.717, 1.165) is 6.42 Å². The van der Waals surface area contributed by atoms with Crippen LogP contribution in [0.15, 0.2) is 4.42 Å². The molecule has 0 amide bonds. The lowest BCUT2D eigenvalue weighted by atomic mass is 9.91. The van der Waals surface area contributed by atoms with Gasteiger partial charge in [-0.1, -0.05) is 6.92 Å². The molecule has 0 saturated carbocycles. The van der Waals surface area contributed by atoms with Crippen molar-refractivity contribution in [3.8, 4) is 0 Å². The molecule has 2 rings (SSSR count). The van der Waals surface area contributed by atoms with Crippen LogP contribution in [0.4, 0.5) is 6.01 Å². The van der Waals surface area contributed by atoms with Crippen molar-refractivity contribution in [2.75, 3.05) is 31.7 Å². The van der Waals surface area contributed by atoms with Gasteiger partial charge in [0.05, 0.1) is 19.7 Å². The van der Waals surface area contributed by atoms with Crippen molar-refractivity contribution in [1.29, 1.82) is 0 Å². The summed E-state index contributed by atoms with van der Waals surface area (Å²) >= 11 is 0. The molecule has 0 spiro atoms. The molecule has 1 aliphatic heterocycles. The number of hydrogen-bond acceptors (Lipinski definition) is 7. The summed E-state index contributed by atoms with van der Waals surface area (Å²) in [6.07, 6.45) is 0.887. The van der Waals surface area contributed by atoms with Gasteiger partial charge in [0, 0.05) is 7.11 Å². The van der Waals surface area contributed by atoms with Crippen LogP contribution in [0.5, 0.6) is 0 Å². The molecule has 0 unspecified atom stereocenters. The van der Waals surface area contributed by atoms with Crippen molar-refractivity contribution >= 4 is 12.0 Å². The Morgan fingerprint density at radius 2 is 2.20 bits per heavy atom. The molecule has 7 heteroatoms. The molecule has 1 N–H and O–H groups in total. The molecule has 1 fully saturated rings. The maximum absolute atomic E-state index is 11.7. The third kappa shape index (κ3) is 2.51. The predicted molar refractivity (Wildman–Crippen MR) is 70.6 cm³/mol. The van der Waals surface area contributed by atoms with Crippen molar-refractivity contribution in [3.05, 3.63) is 11.5 Å². The average molecular weight is 284 g/mol. The van der Waals surface area contributed by atoms with Crippen LogP contribution in [0.3, 0.4) is 0 Å². The zero-order valence-corrected chi connectivity index (χ0v) is 12.0. The summed E-state index contributed by atoms with van der Waals surface area (Å²) in [7, 11) is 1.68. The largest absolute Gasteiger partial charge is 0.461 e. The average Bonchev–Trinajstić information content (AvgIpc) is 2.83. The van der Waals surface area contributed by atoms with Crippen molar-refractivity contribution < 1.29 is 23.8 Å². The zero-order valence-electron chi connectivity index (χ0n) is 12.0. The number of carbonyl (C=O) groups excluding carboxylic acids is 1. The third-order valence-corrected chi connectivity index (χ3v) is 3.60. The van der Waals surface area contributed by atoms with Gasteiger partial charge < -0.3 is 23.9 Å². The van der Waals surface area contributed by atoms with Crippen LogP contribution in [0.2, 0.25) is 0 Å². The fraction of sp³-hybridized carbons (Fsp3) is 0.692. The predicted octanol–water partition coefficient (Wildman–Crippen LogP) is 0.959. The Bertz CT molecular complexity index is 473. The highest BCUT2D eigenvalue weighted by molar-refractivity contribution is 5.88. The van der Waals surface area contributed by atoms with Gasteiger partial charge in [-0.05, 0) is 13.3 Å². The molecule has 0 bridgehead atoms. The van der Waals surface area contributed by atoms with Gasteiger partial charge in [-0.3, -0.25) is 0 Å². The second-order valence-corrected chi connectivity index (χ2v) is 4.74. The van der Waals surface area contributed by atoms with E-state index in [9.17, 15) is 9.90 Å². The van der Waals surface area contributed by atoms with Gasteiger partial charge in [0.25, 0.3) is 6.01 Å². The number of ether oxygens (including phenoxy) is 2. The maximum atomic E-state index is 11.7. The summed E-state index contributed by atoms with van der Waals surface area (Å²) in [5.74, 6) is -0.453. The summed E-state index contributed by atoms with van der Waals surface area (Å²) in [6, 6.07) is 0.318. The van der Waals surface area contributed by atoms with Gasteiger partial charge >= 0.3 is 5.97 Å². The minimum Gasteiger partial charge on any atom is -0.461 e. The van der Waals surface area contributed by atoms with E-state index in [1.807, 2.05) is 4.90 Å². The van der Waals surface area contributed by atoms with Gasteiger partial charge in [0.1, 0.15) is 12.2 Å².